The van der Waals surface area contributed by atoms with Gasteiger partial charge in [-0.3, -0.25) is 29.0 Å². The Morgan fingerprint density at radius 1 is 0.432 bits per heavy atom. The molecule has 456 valence electrons. The first kappa shape index (κ1) is 62.5. The number of rotatable bonds is 12. The SMILES string of the molecule is N#COC1CCC(CC2CCC(N=C=O)CC2)CC1.O=C(O)c1ccc2c(c1)C(=O)N(C1CCC(CC3CCC(N4C(=O)c5ccc(C(=O)O)cc5C4=O)CC3)CC1)C2=O.O=C(O)c1ccc2c(c1)C(=O)OC2=O.O=C(O)c1ccc2c(c1)C(=O)OC2=O. The zero-order valence-electron chi connectivity index (χ0n) is 47.4. The van der Waals surface area contributed by atoms with E-state index in [9.17, 15) is 72.5 Å². The molecule has 4 heterocycles. The number of nitriles is 1. The number of carbonyl (C=O) groups excluding carboxylic acids is 9. The van der Waals surface area contributed by atoms with Crippen molar-refractivity contribution in [3.63, 3.8) is 0 Å². The first-order valence-electron chi connectivity index (χ1n) is 29.0. The fourth-order valence-electron chi connectivity index (χ4n) is 13.2. The van der Waals surface area contributed by atoms with Gasteiger partial charge in [0.15, 0.2) is 0 Å². The van der Waals surface area contributed by atoms with E-state index in [1.54, 1.807) is 6.08 Å². The number of hydrogen-bond acceptors (Lipinski definition) is 18. The summed E-state index contributed by atoms with van der Waals surface area (Å²) in [4.78, 5) is 156. The quantitative estimate of drug-likeness (QED) is 0.0256. The minimum Gasteiger partial charge on any atom is -0.478 e. The van der Waals surface area contributed by atoms with E-state index < -0.39 is 59.6 Å². The van der Waals surface area contributed by atoms with Crippen molar-refractivity contribution in [2.24, 2.45) is 28.7 Å². The fraction of sp³-hybridized carbons (Fsp3) is 0.406. The van der Waals surface area contributed by atoms with Crippen molar-refractivity contribution >= 4 is 77.5 Å². The van der Waals surface area contributed by atoms with Crippen molar-refractivity contribution in [3.05, 3.63) is 140 Å². The predicted molar refractivity (Wildman–Crippen MR) is 301 cm³/mol. The number of benzene rings is 4. The van der Waals surface area contributed by atoms with Crippen LogP contribution in [0.1, 0.15) is 240 Å². The number of isocyanates is 1. The van der Waals surface area contributed by atoms with Crippen molar-refractivity contribution in [3.8, 4) is 6.26 Å². The number of esters is 4. The second-order valence-corrected chi connectivity index (χ2v) is 23.1. The maximum Gasteiger partial charge on any atom is 0.346 e. The third-order valence-electron chi connectivity index (χ3n) is 17.9. The second kappa shape index (κ2) is 27.1. The van der Waals surface area contributed by atoms with Crippen LogP contribution in [0, 0.1) is 35.2 Å². The van der Waals surface area contributed by atoms with Gasteiger partial charge < -0.3 is 34.6 Å². The first-order chi connectivity index (χ1) is 42.1. The van der Waals surface area contributed by atoms with E-state index in [0.29, 0.717) is 37.5 Å². The Morgan fingerprint density at radius 3 is 1.06 bits per heavy atom. The molecule has 0 atom stereocenters. The molecule has 0 saturated heterocycles. The number of aromatic carboxylic acids is 4. The number of carbonyl (C=O) groups is 12. The smallest absolute Gasteiger partial charge is 0.346 e. The summed E-state index contributed by atoms with van der Waals surface area (Å²) in [6.45, 7) is 0. The van der Waals surface area contributed by atoms with Gasteiger partial charge in [0.05, 0.1) is 72.8 Å². The third kappa shape index (κ3) is 13.8. The van der Waals surface area contributed by atoms with Gasteiger partial charge in [0.25, 0.3) is 29.9 Å². The average Bonchev–Trinajstić information content (AvgIpc) is 2.84. The van der Waals surface area contributed by atoms with Gasteiger partial charge in [-0.2, -0.15) is 5.26 Å². The van der Waals surface area contributed by atoms with Crippen LogP contribution < -0.4 is 0 Å². The summed E-state index contributed by atoms with van der Waals surface area (Å²) in [5.74, 6) is -6.64. The highest BCUT2D eigenvalue weighted by molar-refractivity contribution is 6.23. The molecule has 0 aromatic heterocycles. The number of nitrogens with zero attached hydrogens (tertiary/aromatic N) is 4. The molecule has 4 aromatic carbocycles. The van der Waals surface area contributed by atoms with E-state index in [1.165, 1.54) is 103 Å². The van der Waals surface area contributed by atoms with Crippen molar-refractivity contribution in [1.82, 2.24) is 9.80 Å². The minimum atomic E-state index is -1.15. The highest BCUT2D eigenvalue weighted by atomic mass is 16.6. The maximum absolute atomic E-state index is 13.0. The lowest BCUT2D eigenvalue weighted by molar-refractivity contribution is 0.0425. The van der Waals surface area contributed by atoms with Crippen LogP contribution in [0.4, 0.5) is 0 Å². The van der Waals surface area contributed by atoms with Gasteiger partial charge in [0.1, 0.15) is 6.10 Å². The molecule has 4 aliphatic carbocycles. The maximum atomic E-state index is 13.0. The van der Waals surface area contributed by atoms with E-state index in [4.69, 9.17) is 20.2 Å². The Bertz CT molecular complexity index is 3440. The number of imide groups is 2. The number of carboxylic acid groups (broad SMARTS) is 4. The monoisotopic (exact) mass is 1200 g/mol. The van der Waals surface area contributed by atoms with Crippen LogP contribution in [-0.4, -0.2) is 132 Å². The van der Waals surface area contributed by atoms with E-state index >= 15 is 0 Å². The molecule has 0 spiro atoms. The molecule has 0 unspecified atom stereocenters. The normalized spacial score (nSPS) is 23.9. The van der Waals surface area contributed by atoms with Gasteiger partial charge in [-0.1, -0.05) is 0 Å². The van der Waals surface area contributed by atoms with Crippen LogP contribution in [-0.2, 0) is 19.0 Å². The Hall–Kier alpha value is -10.0. The molecular weight excluding hydrogens is 1140 g/mol. The second-order valence-electron chi connectivity index (χ2n) is 23.1. The Balaban J connectivity index is 0.000000161. The highest BCUT2D eigenvalue weighted by Crippen LogP contribution is 2.41. The number of amides is 4. The molecule has 4 amide bonds. The van der Waals surface area contributed by atoms with Crippen LogP contribution in [0.15, 0.2) is 77.8 Å². The fourth-order valence-corrected chi connectivity index (χ4v) is 13.2. The van der Waals surface area contributed by atoms with E-state index in [-0.39, 0.29) is 103 Å². The van der Waals surface area contributed by atoms with Crippen LogP contribution in [0.5, 0.6) is 0 Å². The summed E-state index contributed by atoms with van der Waals surface area (Å²) in [5, 5.41) is 44.3. The van der Waals surface area contributed by atoms with Crippen molar-refractivity contribution in [1.29, 1.82) is 5.26 Å². The summed E-state index contributed by atoms with van der Waals surface area (Å²) in [7, 11) is 0. The van der Waals surface area contributed by atoms with Gasteiger partial charge in [-0.05, 0) is 212 Å². The van der Waals surface area contributed by atoms with Crippen LogP contribution in [0.2, 0.25) is 0 Å². The zero-order chi connectivity index (χ0) is 63.1. The van der Waals surface area contributed by atoms with Gasteiger partial charge in [0.2, 0.25) is 6.08 Å². The summed E-state index contributed by atoms with van der Waals surface area (Å²) in [6.07, 6.45) is 21.3. The zero-order valence-corrected chi connectivity index (χ0v) is 47.4. The molecule has 8 aliphatic rings. The number of carboxylic acids is 4. The summed E-state index contributed by atoms with van der Waals surface area (Å²) >= 11 is 0. The number of aliphatic imine (C=N–C) groups is 1. The van der Waals surface area contributed by atoms with E-state index in [1.807, 2.05) is 6.26 Å². The number of cyclic esters (lactones) is 4. The Labute approximate surface area is 502 Å². The van der Waals surface area contributed by atoms with Crippen molar-refractivity contribution in [2.45, 2.75) is 140 Å². The number of hydrogen-bond donors (Lipinski definition) is 4. The van der Waals surface area contributed by atoms with E-state index in [0.717, 1.165) is 81.8 Å². The molecule has 4 aromatic rings. The lowest BCUT2D eigenvalue weighted by atomic mass is 9.75. The summed E-state index contributed by atoms with van der Waals surface area (Å²) in [6, 6.07) is 15.3. The number of fused-ring (bicyclic) bond motifs is 4. The number of ether oxygens (including phenoxy) is 3. The molecule has 4 aliphatic heterocycles. The lowest BCUT2D eigenvalue weighted by Gasteiger charge is -2.37. The third-order valence-corrected chi connectivity index (χ3v) is 17.9. The molecular formula is C64H60N4O20. The predicted octanol–water partition coefficient (Wildman–Crippen LogP) is 9.20. The molecule has 4 saturated carbocycles. The molecule has 12 rings (SSSR count). The average molecular weight is 1210 g/mol. The standard InChI is InChI=1S/C31H30N2O8.C15H22N2O2.2C9H4O5/c34-26-22-11-5-18(30(38)39)14-24(22)28(36)32(26)20-7-1-16(2-8-20)13-17-3-9-21(10-4-17)33-27(35)23-12-6-19(31(40)41)15-25(23)29(33)37;16-10-19-15-7-3-13(4-8-15)9-12-1-5-14(6-2-12)17-11-18;2*10-7(11)4-1-2-5-6(3-4)9(13)14-8(5)12/h5-6,11-12,14-17,20-21H,1-4,7-10,13H2,(H,38,39)(H,40,41);12-15H,1-9H2;2*1-3H,(H,10,11). The molecule has 88 heavy (non-hydrogen) atoms. The van der Waals surface area contributed by atoms with Gasteiger partial charge >= 0.3 is 47.8 Å². The van der Waals surface area contributed by atoms with Gasteiger partial charge in [0, 0.05) is 12.1 Å². The van der Waals surface area contributed by atoms with Crippen molar-refractivity contribution < 1.29 is 97.0 Å². The van der Waals surface area contributed by atoms with Crippen LogP contribution >= 0.6 is 0 Å². The van der Waals surface area contributed by atoms with Gasteiger partial charge in [-0.15, -0.1) is 0 Å². The van der Waals surface area contributed by atoms with Crippen LogP contribution in [0.3, 0.4) is 0 Å². The first-order valence-corrected chi connectivity index (χ1v) is 29.0. The molecule has 4 N–H and O–H groups in total. The highest BCUT2D eigenvalue weighted by Gasteiger charge is 2.44. The molecule has 4 fully saturated rings. The van der Waals surface area contributed by atoms with Crippen molar-refractivity contribution in [2.75, 3.05) is 0 Å². The molecule has 24 heteroatoms. The molecule has 0 bridgehead atoms. The Morgan fingerprint density at radius 2 is 0.727 bits per heavy atom. The van der Waals surface area contributed by atoms with Gasteiger partial charge in [-0.25, -0.2) is 48.1 Å². The minimum absolute atomic E-state index is 0.00917. The Kier molecular flexibility index (Phi) is 19.3. The molecule has 24 nitrogen and oxygen atoms in total. The summed E-state index contributed by atoms with van der Waals surface area (Å²) in [5.41, 5.74) is 0.971. The lowest BCUT2D eigenvalue weighted by Crippen LogP contribution is -2.43. The topological polar surface area (TPSA) is 373 Å². The van der Waals surface area contributed by atoms with E-state index in [2.05, 4.69) is 14.5 Å². The van der Waals surface area contributed by atoms with Crippen LogP contribution in [0.25, 0.3) is 0 Å². The molecule has 0 radical (unpaired) electrons. The largest absolute Gasteiger partial charge is 0.478 e. The summed E-state index contributed by atoms with van der Waals surface area (Å²) < 4.78 is 13.6.